The summed E-state index contributed by atoms with van der Waals surface area (Å²) in [5.74, 6) is 1.45. The molecule has 1 aliphatic rings. The van der Waals surface area contributed by atoms with Crippen LogP contribution in [0, 0.1) is 5.92 Å². The van der Waals surface area contributed by atoms with Crippen molar-refractivity contribution in [3.8, 4) is 17.1 Å². The average molecular weight is 379 g/mol. The molecule has 0 spiro atoms. The molecule has 0 saturated carbocycles. The number of imidazole rings is 1. The first-order valence-corrected chi connectivity index (χ1v) is 9.57. The van der Waals surface area contributed by atoms with Gasteiger partial charge >= 0.3 is 0 Å². The number of amides is 1. The third kappa shape index (κ3) is 3.45. The van der Waals surface area contributed by atoms with Crippen LogP contribution in [-0.4, -0.2) is 53.0 Å². The van der Waals surface area contributed by atoms with Crippen LogP contribution in [0.4, 0.5) is 0 Å². The molecule has 1 fully saturated rings. The van der Waals surface area contributed by atoms with Crippen molar-refractivity contribution in [1.82, 2.24) is 25.2 Å². The van der Waals surface area contributed by atoms with E-state index in [1.165, 1.54) is 0 Å². The van der Waals surface area contributed by atoms with Crippen LogP contribution in [0.5, 0.6) is 5.88 Å². The number of ether oxygens (including phenoxy) is 1. The number of methoxy groups -OCH3 is 1. The molecule has 1 saturated heterocycles. The standard InChI is InChI=1S/C21H25N5O2/c1-4-16(24-20(27)14-11-26(2)12-14)19-22-10-18(23-19)15-9-13-7-5-6-8-17(13)25-21(15)28-3/h5-10,14,16H,4,11-12H2,1-3H3,(H,22,23)(H,24,27)/t16-/m0/s1. The highest BCUT2D eigenvalue weighted by molar-refractivity contribution is 5.85. The number of H-pyrrole nitrogens is 1. The molecular formula is C21H25N5O2. The molecule has 2 N–H and O–H groups in total. The summed E-state index contributed by atoms with van der Waals surface area (Å²) >= 11 is 0. The highest BCUT2D eigenvalue weighted by atomic mass is 16.5. The lowest BCUT2D eigenvalue weighted by molar-refractivity contribution is -0.130. The van der Waals surface area contributed by atoms with E-state index in [0.29, 0.717) is 5.88 Å². The Morgan fingerprint density at radius 1 is 1.39 bits per heavy atom. The number of benzene rings is 1. The van der Waals surface area contributed by atoms with Crippen molar-refractivity contribution in [3.63, 3.8) is 0 Å². The Balaban J connectivity index is 1.59. The van der Waals surface area contributed by atoms with Crippen LogP contribution in [0.15, 0.2) is 36.5 Å². The monoisotopic (exact) mass is 379 g/mol. The second kappa shape index (κ2) is 7.59. The van der Waals surface area contributed by atoms with Crippen LogP contribution in [0.2, 0.25) is 0 Å². The number of pyridine rings is 1. The molecule has 1 atom stereocenters. The van der Waals surface area contributed by atoms with Gasteiger partial charge in [-0.3, -0.25) is 4.79 Å². The minimum absolute atomic E-state index is 0.0678. The Morgan fingerprint density at radius 2 is 2.18 bits per heavy atom. The molecule has 1 aliphatic heterocycles. The zero-order valence-corrected chi connectivity index (χ0v) is 16.4. The summed E-state index contributed by atoms with van der Waals surface area (Å²) in [6.45, 7) is 3.66. The van der Waals surface area contributed by atoms with E-state index in [0.717, 1.165) is 47.5 Å². The van der Waals surface area contributed by atoms with E-state index in [4.69, 9.17) is 4.74 Å². The zero-order chi connectivity index (χ0) is 19.7. The molecule has 1 amide bonds. The number of aromatic amines is 1. The summed E-state index contributed by atoms with van der Waals surface area (Å²) in [7, 11) is 3.63. The van der Waals surface area contributed by atoms with Gasteiger partial charge in [0, 0.05) is 18.5 Å². The molecule has 0 aliphatic carbocycles. The molecular weight excluding hydrogens is 354 g/mol. The van der Waals surface area contributed by atoms with Crippen molar-refractivity contribution < 1.29 is 9.53 Å². The van der Waals surface area contributed by atoms with E-state index in [1.807, 2.05) is 44.3 Å². The van der Waals surface area contributed by atoms with E-state index < -0.39 is 0 Å². The van der Waals surface area contributed by atoms with Crippen LogP contribution < -0.4 is 10.1 Å². The Kier molecular flexibility index (Phi) is 5.00. The SMILES string of the molecule is CC[C@H](NC(=O)C1CN(C)C1)c1ncc(-c2cc3ccccc3nc2OC)[nH]1. The maximum Gasteiger partial charge on any atom is 0.226 e. The van der Waals surface area contributed by atoms with Crippen molar-refractivity contribution in [3.05, 3.63) is 42.4 Å². The maximum absolute atomic E-state index is 12.4. The van der Waals surface area contributed by atoms with Crippen molar-refractivity contribution in [2.45, 2.75) is 19.4 Å². The lowest BCUT2D eigenvalue weighted by atomic mass is 9.99. The van der Waals surface area contributed by atoms with E-state index >= 15 is 0 Å². The Bertz CT molecular complexity index is 993. The number of para-hydroxylation sites is 1. The molecule has 28 heavy (non-hydrogen) atoms. The first kappa shape index (κ1) is 18.4. The summed E-state index contributed by atoms with van der Waals surface area (Å²) in [4.78, 5) is 27.0. The first-order valence-electron chi connectivity index (χ1n) is 9.57. The Morgan fingerprint density at radius 3 is 2.89 bits per heavy atom. The minimum atomic E-state index is -0.147. The summed E-state index contributed by atoms with van der Waals surface area (Å²) in [5.41, 5.74) is 2.55. The van der Waals surface area contributed by atoms with Crippen molar-refractivity contribution in [2.75, 3.05) is 27.2 Å². The molecule has 7 heteroatoms. The quantitative estimate of drug-likeness (QED) is 0.688. The number of rotatable bonds is 6. The van der Waals surface area contributed by atoms with Gasteiger partial charge in [-0.2, -0.15) is 0 Å². The first-order chi connectivity index (χ1) is 13.6. The van der Waals surface area contributed by atoms with Crippen LogP contribution in [0.1, 0.15) is 25.2 Å². The molecule has 146 valence electrons. The van der Waals surface area contributed by atoms with Gasteiger partial charge < -0.3 is 19.9 Å². The third-order valence-corrected chi connectivity index (χ3v) is 5.26. The average Bonchev–Trinajstić information content (AvgIpc) is 3.18. The predicted molar refractivity (Wildman–Crippen MR) is 108 cm³/mol. The fraction of sp³-hybridized carbons (Fsp3) is 0.381. The number of nitrogens with zero attached hydrogens (tertiary/aromatic N) is 3. The fourth-order valence-corrected chi connectivity index (χ4v) is 3.62. The summed E-state index contributed by atoms with van der Waals surface area (Å²) < 4.78 is 5.50. The normalized spacial score (nSPS) is 16.0. The number of hydrogen-bond acceptors (Lipinski definition) is 5. The van der Waals surface area contributed by atoms with Crippen molar-refractivity contribution in [2.24, 2.45) is 5.92 Å². The van der Waals surface area contributed by atoms with Crippen LogP contribution in [0.25, 0.3) is 22.2 Å². The minimum Gasteiger partial charge on any atom is -0.480 e. The predicted octanol–water partition coefficient (Wildman–Crippen LogP) is 2.76. The molecule has 4 rings (SSSR count). The summed E-state index contributed by atoms with van der Waals surface area (Å²) in [5, 5.41) is 4.15. The molecule has 0 radical (unpaired) electrons. The van der Waals surface area contributed by atoms with E-state index in [2.05, 4.69) is 25.2 Å². The van der Waals surface area contributed by atoms with Crippen LogP contribution >= 0.6 is 0 Å². The second-order valence-corrected chi connectivity index (χ2v) is 7.31. The lowest BCUT2D eigenvalue weighted by Crippen LogP contribution is -2.52. The van der Waals surface area contributed by atoms with Crippen LogP contribution in [-0.2, 0) is 4.79 Å². The molecule has 1 aromatic carbocycles. The smallest absolute Gasteiger partial charge is 0.226 e. The number of carbonyl (C=O) groups excluding carboxylic acids is 1. The van der Waals surface area contributed by atoms with Gasteiger partial charge in [0.2, 0.25) is 11.8 Å². The van der Waals surface area contributed by atoms with Crippen molar-refractivity contribution in [1.29, 1.82) is 0 Å². The van der Waals surface area contributed by atoms with E-state index in [9.17, 15) is 4.79 Å². The number of likely N-dealkylation sites (tertiary alicyclic amines) is 1. The van der Waals surface area contributed by atoms with Gasteiger partial charge in [0.25, 0.3) is 0 Å². The zero-order valence-electron chi connectivity index (χ0n) is 16.4. The largest absolute Gasteiger partial charge is 0.480 e. The number of hydrogen-bond donors (Lipinski definition) is 2. The van der Waals surface area contributed by atoms with E-state index in [1.54, 1.807) is 13.3 Å². The van der Waals surface area contributed by atoms with Gasteiger partial charge in [0.15, 0.2) is 0 Å². The molecule has 7 nitrogen and oxygen atoms in total. The highest BCUT2D eigenvalue weighted by Gasteiger charge is 2.31. The highest BCUT2D eigenvalue weighted by Crippen LogP contribution is 2.31. The van der Waals surface area contributed by atoms with Gasteiger partial charge in [-0.25, -0.2) is 9.97 Å². The fourth-order valence-electron chi connectivity index (χ4n) is 3.62. The third-order valence-electron chi connectivity index (χ3n) is 5.26. The lowest BCUT2D eigenvalue weighted by Gasteiger charge is -2.35. The Hall–Kier alpha value is -2.93. The topological polar surface area (TPSA) is 83.1 Å². The van der Waals surface area contributed by atoms with Gasteiger partial charge in [-0.1, -0.05) is 25.1 Å². The van der Waals surface area contributed by atoms with E-state index in [-0.39, 0.29) is 17.9 Å². The summed E-state index contributed by atoms with van der Waals surface area (Å²) in [6.07, 6.45) is 2.53. The van der Waals surface area contributed by atoms with Gasteiger partial charge in [0.1, 0.15) is 5.82 Å². The number of nitrogens with one attached hydrogen (secondary N) is 2. The van der Waals surface area contributed by atoms with Crippen LogP contribution in [0.3, 0.4) is 0 Å². The maximum atomic E-state index is 12.4. The second-order valence-electron chi connectivity index (χ2n) is 7.31. The van der Waals surface area contributed by atoms with Gasteiger partial charge in [0.05, 0.1) is 42.0 Å². The molecule has 3 heterocycles. The van der Waals surface area contributed by atoms with Crippen molar-refractivity contribution >= 4 is 16.8 Å². The molecule has 0 bridgehead atoms. The number of fused-ring (bicyclic) bond motifs is 1. The van der Waals surface area contributed by atoms with Gasteiger partial charge in [-0.05, 0) is 25.6 Å². The molecule has 3 aromatic rings. The number of carbonyl (C=O) groups is 1. The van der Waals surface area contributed by atoms with Gasteiger partial charge in [-0.15, -0.1) is 0 Å². The molecule has 0 unspecified atom stereocenters. The Labute approximate surface area is 164 Å². The molecule has 2 aromatic heterocycles. The number of aromatic nitrogens is 3. The summed E-state index contributed by atoms with van der Waals surface area (Å²) in [6, 6.07) is 9.82.